The Bertz CT molecular complexity index is 543. The molecule has 1 saturated carbocycles. The summed E-state index contributed by atoms with van der Waals surface area (Å²) in [6.07, 6.45) is 9.19. The van der Waals surface area contributed by atoms with E-state index >= 15 is 0 Å². The SMILES string of the molecule is Cc1nnc(CN=C(NCC2CCCS2)NC2CCCCC2)n1C. The van der Waals surface area contributed by atoms with Gasteiger partial charge in [-0.1, -0.05) is 19.3 Å². The number of rotatable bonds is 5. The molecule has 0 bridgehead atoms. The van der Waals surface area contributed by atoms with E-state index in [0.29, 0.717) is 12.6 Å². The quantitative estimate of drug-likeness (QED) is 0.630. The molecule has 2 N–H and O–H groups in total. The highest BCUT2D eigenvalue weighted by Crippen LogP contribution is 2.25. The lowest BCUT2D eigenvalue weighted by Gasteiger charge is -2.25. The van der Waals surface area contributed by atoms with Crippen molar-refractivity contribution < 1.29 is 0 Å². The number of aromatic nitrogens is 3. The predicted molar refractivity (Wildman–Crippen MR) is 100 cm³/mol. The monoisotopic (exact) mass is 350 g/mol. The zero-order chi connectivity index (χ0) is 16.8. The first-order chi connectivity index (χ1) is 11.7. The Morgan fingerprint density at radius 2 is 2.04 bits per heavy atom. The summed E-state index contributed by atoms with van der Waals surface area (Å²) < 4.78 is 2.01. The van der Waals surface area contributed by atoms with Crippen LogP contribution in [0.3, 0.4) is 0 Å². The number of hydrogen-bond acceptors (Lipinski definition) is 4. The summed E-state index contributed by atoms with van der Waals surface area (Å²) in [6, 6.07) is 0.558. The highest BCUT2D eigenvalue weighted by Gasteiger charge is 2.18. The number of aliphatic imine (C=N–C) groups is 1. The van der Waals surface area contributed by atoms with Gasteiger partial charge in [0.15, 0.2) is 11.8 Å². The number of thioether (sulfide) groups is 1. The molecular formula is C17H30N6S. The molecule has 1 unspecified atom stereocenters. The maximum absolute atomic E-state index is 4.79. The van der Waals surface area contributed by atoms with E-state index in [4.69, 9.17) is 4.99 Å². The summed E-state index contributed by atoms with van der Waals surface area (Å²) >= 11 is 2.08. The fourth-order valence-electron chi connectivity index (χ4n) is 3.35. The van der Waals surface area contributed by atoms with Gasteiger partial charge in [-0.15, -0.1) is 10.2 Å². The minimum atomic E-state index is 0.558. The van der Waals surface area contributed by atoms with Crippen molar-refractivity contribution in [3.05, 3.63) is 11.6 Å². The molecule has 1 atom stereocenters. The van der Waals surface area contributed by atoms with E-state index in [1.165, 1.54) is 50.7 Å². The predicted octanol–water partition coefficient (Wildman–Crippen LogP) is 2.39. The van der Waals surface area contributed by atoms with E-state index in [-0.39, 0.29) is 0 Å². The molecule has 2 fully saturated rings. The fourth-order valence-corrected chi connectivity index (χ4v) is 4.55. The molecule has 1 saturated heterocycles. The standard InChI is InChI=1S/C17H30N6S/c1-13-21-22-16(23(13)2)12-19-17(18-11-15-9-6-10-24-15)20-14-7-4-3-5-8-14/h14-15H,3-12H2,1-2H3,(H2,18,19,20). The first-order valence-electron chi connectivity index (χ1n) is 9.23. The van der Waals surface area contributed by atoms with Crippen LogP contribution in [0.15, 0.2) is 4.99 Å². The largest absolute Gasteiger partial charge is 0.355 e. The van der Waals surface area contributed by atoms with Gasteiger partial charge >= 0.3 is 0 Å². The van der Waals surface area contributed by atoms with E-state index in [1.807, 2.05) is 18.5 Å². The molecule has 134 valence electrons. The highest BCUT2D eigenvalue weighted by molar-refractivity contribution is 8.00. The van der Waals surface area contributed by atoms with Crippen molar-refractivity contribution in [2.24, 2.45) is 12.0 Å². The Hall–Kier alpha value is -1.24. The van der Waals surface area contributed by atoms with E-state index < -0.39 is 0 Å². The van der Waals surface area contributed by atoms with Gasteiger partial charge in [0.1, 0.15) is 12.4 Å². The van der Waals surface area contributed by atoms with Crippen molar-refractivity contribution >= 4 is 17.7 Å². The molecule has 1 aliphatic heterocycles. The molecule has 2 aliphatic rings. The van der Waals surface area contributed by atoms with Gasteiger partial charge in [-0.25, -0.2) is 4.99 Å². The van der Waals surface area contributed by atoms with Crippen molar-refractivity contribution in [1.29, 1.82) is 0 Å². The van der Waals surface area contributed by atoms with Crippen LogP contribution in [0.5, 0.6) is 0 Å². The summed E-state index contributed by atoms with van der Waals surface area (Å²) in [5, 5.41) is 16.3. The lowest BCUT2D eigenvalue weighted by atomic mass is 9.96. The summed E-state index contributed by atoms with van der Waals surface area (Å²) in [5.74, 6) is 4.08. The smallest absolute Gasteiger partial charge is 0.191 e. The Kier molecular flexibility index (Phi) is 6.40. The van der Waals surface area contributed by atoms with Crippen molar-refractivity contribution in [3.8, 4) is 0 Å². The van der Waals surface area contributed by atoms with E-state index in [0.717, 1.165) is 29.4 Å². The van der Waals surface area contributed by atoms with Crippen LogP contribution in [0.4, 0.5) is 0 Å². The zero-order valence-corrected chi connectivity index (χ0v) is 15.7. The maximum Gasteiger partial charge on any atom is 0.191 e. The Labute approximate surface area is 149 Å². The Morgan fingerprint density at radius 3 is 2.71 bits per heavy atom. The molecule has 0 spiro atoms. The molecule has 2 heterocycles. The minimum Gasteiger partial charge on any atom is -0.355 e. The minimum absolute atomic E-state index is 0.558. The van der Waals surface area contributed by atoms with E-state index in [2.05, 4.69) is 32.6 Å². The molecule has 7 heteroatoms. The second kappa shape index (κ2) is 8.74. The highest BCUT2D eigenvalue weighted by atomic mass is 32.2. The van der Waals surface area contributed by atoms with Gasteiger partial charge in [-0.2, -0.15) is 11.8 Å². The van der Waals surface area contributed by atoms with Crippen molar-refractivity contribution in [1.82, 2.24) is 25.4 Å². The first kappa shape index (κ1) is 17.6. The van der Waals surface area contributed by atoms with Crippen LogP contribution in [0.2, 0.25) is 0 Å². The Morgan fingerprint density at radius 1 is 1.21 bits per heavy atom. The number of hydrogen-bond donors (Lipinski definition) is 2. The summed E-state index contributed by atoms with van der Waals surface area (Å²) in [4.78, 5) is 4.79. The van der Waals surface area contributed by atoms with Gasteiger partial charge in [-0.05, 0) is 38.4 Å². The molecule has 24 heavy (non-hydrogen) atoms. The lowest BCUT2D eigenvalue weighted by molar-refractivity contribution is 0.409. The van der Waals surface area contributed by atoms with Gasteiger partial charge in [0.05, 0.1) is 0 Å². The number of guanidine groups is 1. The normalized spacial score (nSPS) is 22.8. The number of aryl methyl sites for hydroxylation is 1. The van der Waals surface area contributed by atoms with Crippen LogP contribution in [0.1, 0.15) is 56.6 Å². The number of nitrogens with one attached hydrogen (secondary N) is 2. The first-order valence-corrected chi connectivity index (χ1v) is 10.3. The topological polar surface area (TPSA) is 67.1 Å². The van der Waals surface area contributed by atoms with Gasteiger partial charge < -0.3 is 15.2 Å². The molecule has 0 amide bonds. The van der Waals surface area contributed by atoms with Crippen LogP contribution in [-0.2, 0) is 13.6 Å². The second-order valence-electron chi connectivity index (χ2n) is 6.88. The molecule has 0 aromatic carbocycles. The molecule has 1 aliphatic carbocycles. The average Bonchev–Trinajstić information content (AvgIpc) is 3.23. The molecule has 6 nitrogen and oxygen atoms in total. The Balaban J connectivity index is 1.60. The molecule has 3 rings (SSSR count). The third-order valence-electron chi connectivity index (χ3n) is 5.03. The lowest BCUT2D eigenvalue weighted by Crippen LogP contribution is -2.45. The average molecular weight is 351 g/mol. The van der Waals surface area contributed by atoms with Gasteiger partial charge in [0.25, 0.3) is 0 Å². The molecular weight excluding hydrogens is 320 g/mol. The maximum atomic E-state index is 4.79. The third-order valence-corrected chi connectivity index (χ3v) is 6.43. The van der Waals surface area contributed by atoms with Crippen LogP contribution < -0.4 is 10.6 Å². The molecule has 0 radical (unpaired) electrons. The van der Waals surface area contributed by atoms with Crippen LogP contribution >= 0.6 is 11.8 Å². The van der Waals surface area contributed by atoms with Gasteiger partial charge in [0.2, 0.25) is 0 Å². The molecule has 1 aromatic heterocycles. The van der Waals surface area contributed by atoms with Gasteiger partial charge in [-0.3, -0.25) is 0 Å². The van der Waals surface area contributed by atoms with Crippen molar-refractivity contribution in [3.63, 3.8) is 0 Å². The van der Waals surface area contributed by atoms with E-state index in [1.54, 1.807) is 0 Å². The van der Waals surface area contributed by atoms with E-state index in [9.17, 15) is 0 Å². The van der Waals surface area contributed by atoms with Crippen LogP contribution in [-0.4, -0.2) is 44.3 Å². The van der Waals surface area contributed by atoms with Crippen molar-refractivity contribution in [2.45, 2.75) is 69.7 Å². The number of nitrogens with zero attached hydrogens (tertiary/aromatic N) is 4. The summed E-state index contributed by atoms with van der Waals surface area (Å²) in [6.45, 7) is 3.54. The molecule has 1 aromatic rings. The third kappa shape index (κ3) is 4.88. The summed E-state index contributed by atoms with van der Waals surface area (Å²) in [7, 11) is 2.00. The fraction of sp³-hybridized carbons (Fsp3) is 0.824. The summed E-state index contributed by atoms with van der Waals surface area (Å²) in [5.41, 5.74) is 0. The zero-order valence-electron chi connectivity index (χ0n) is 14.9. The second-order valence-corrected chi connectivity index (χ2v) is 8.29. The van der Waals surface area contributed by atoms with Crippen molar-refractivity contribution in [2.75, 3.05) is 12.3 Å². The van der Waals surface area contributed by atoms with Crippen LogP contribution in [0, 0.1) is 6.92 Å². The van der Waals surface area contributed by atoms with Gasteiger partial charge in [0, 0.05) is 24.9 Å². The van der Waals surface area contributed by atoms with Crippen LogP contribution in [0.25, 0.3) is 0 Å².